The predicted molar refractivity (Wildman–Crippen MR) is 97.5 cm³/mol. The third-order valence-corrected chi connectivity index (χ3v) is 3.60. The van der Waals surface area contributed by atoms with E-state index in [0.717, 1.165) is 31.6 Å². The highest BCUT2D eigenvalue weighted by molar-refractivity contribution is 6.03. The summed E-state index contributed by atoms with van der Waals surface area (Å²) in [7, 11) is 4.08. The molecule has 1 amide bonds. The summed E-state index contributed by atoms with van der Waals surface area (Å²) in [6, 6.07) is 7.82. The second-order valence-electron chi connectivity index (χ2n) is 5.88. The van der Waals surface area contributed by atoms with Gasteiger partial charge in [-0.15, -0.1) is 0 Å². The van der Waals surface area contributed by atoms with Gasteiger partial charge in [-0.25, -0.2) is 9.97 Å². The number of aromatic nitrogens is 2. The third-order valence-electron chi connectivity index (χ3n) is 3.60. The molecule has 1 heterocycles. The molecule has 2 aromatic rings. The van der Waals surface area contributed by atoms with Gasteiger partial charge in [-0.05, 0) is 51.2 Å². The number of amides is 1. The lowest BCUT2D eigenvalue weighted by Gasteiger charge is -2.10. The van der Waals surface area contributed by atoms with Gasteiger partial charge in [-0.3, -0.25) is 4.79 Å². The van der Waals surface area contributed by atoms with E-state index in [1.165, 1.54) is 18.0 Å². The molecule has 24 heavy (non-hydrogen) atoms. The zero-order valence-electron chi connectivity index (χ0n) is 14.5. The molecule has 2 N–H and O–H groups in total. The largest absolute Gasteiger partial charge is 0.354 e. The van der Waals surface area contributed by atoms with Crippen LogP contribution in [0, 0.1) is 0 Å². The first kappa shape index (κ1) is 17.9. The molecule has 0 radical (unpaired) electrons. The molecule has 0 unspecified atom stereocenters. The normalized spacial score (nSPS) is 10.7. The Morgan fingerprint density at radius 1 is 1.12 bits per heavy atom. The van der Waals surface area contributed by atoms with Gasteiger partial charge in [0.2, 0.25) is 5.95 Å². The number of hydrogen-bond donors (Lipinski definition) is 2. The summed E-state index contributed by atoms with van der Waals surface area (Å²) in [6.07, 6.45) is 5.06. The molecule has 2 rings (SSSR count). The highest BCUT2D eigenvalue weighted by atomic mass is 16.1. The lowest BCUT2D eigenvalue weighted by Crippen LogP contribution is -2.17. The number of carbonyl (C=O) groups is 1. The van der Waals surface area contributed by atoms with Gasteiger partial charge >= 0.3 is 0 Å². The minimum absolute atomic E-state index is 0.210. The van der Waals surface area contributed by atoms with Crippen molar-refractivity contribution in [3.8, 4) is 0 Å². The molecule has 6 heteroatoms. The molecule has 1 aromatic heterocycles. The van der Waals surface area contributed by atoms with Crippen LogP contribution < -0.4 is 10.6 Å². The Hall–Kier alpha value is -2.47. The molecule has 0 fully saturated rings. The van der Waals surface area contributed by atoms with E-state index in [-0.39, 0.29) is 5.91 Å². The number of anilines is 2. The number of nitrogens with one attached hydrogen (secondary N) is 2. The van der Waals surface area contributed by atoms with Gasteiger partial charge in [0.25, 0.3) is 5.91 Å². The molecule has 0 saturated carbocycles. The smallest absolute Gasteiger partial charge is 0.258 e. The van der Waals surface area contributed by atoms with Gasteiger partial charge < -0.3 is 15.5 Å². The van der Waals surface area contributed by atoms with Crippen LogP contribution in [0.25, 0.3) is 0 Å². The molecule has 0 saturated heterocycles. The molecule has 0 aliphatic rings. The van der Waals surface area contributed by atoms with E-state index < -0.39 is 0 Å². The van der Waals surface area contributed by atoms with Crippen molar-refractivity contribution in [3.05, 3.63) is 47.8 Å². The molecule has 0 bridgehead atoms. The SMILES string of the molecule is CCc1ccc(NC(=O)c2cnc(NCCCN(C)C)nc2)cc1. The minimum atomic E-state index is -0.210. The number of carbonyl (C=O) groups excluding carboxylic acids is 1. The van der Waals surface area contributed by atoms with Crippen molar-refractivity contribution in [1.29, 1.82) is 0 Å². The lowest BCUT2D eigenvalue weighted by atomic mass is 10.1. The van der Waals surface area contributed by atoms with Crippen LogP contribution in [0.5, 0.6) is 0 Å². The molecule has 0 spiro atoms. The van der Waals surface area contributed by atoms with Crippen LogP contribution in [0.1, 0.15) is 29.3 Å². The van der Waals surface area contributed by atoms with Gasteiger partial charge in [0.05, 0.1) is 5.56 Å². The maximum atomic E-state index is 12.2. The minimum Gasteiger partial charge on any atom is -0.354 e. The summed E-state index contributed by atoms with van der Waals surface area (Å²) in [5.41, 5.74) is 2.44. The Kier molecular flexibility index (Phi) is 6.69. The molecule has 6 nitrogen and oxygen atoms in total. The zero-order chi connectivity index (χ0) is 17.4. The monoisotopic (exact) mass is 327 g/mol. The zero-order valence-corrected chi connectivity index (χ0v) is 14.5. The summed E-state index contributed by atoms with van der Waals surface area (Å²) in [5, 5.41) is 6.00. The number of nitrogens with zero attached hydrogens (tertiary/aromatic N) is 3. The van der Waals surface area contributed by atoms with Gasteiger partial charge in [0, 0.05) is 24.6 Å². The Bertz CT molecular complexity index is 637. The molecule has 0 atom stereocenters. The van der Waals surface area contributed by atoms with Crippen LogP contribution in [0.15, 0.2) is 36.7 Å². The van der Waals surface area contributed by atoms with E-state index >= 15 is 0 Å². The van der Waals surface area contributed by atoms with Crippen LogP contribution in [-0.4, -0.2) is 48.0 Å². The number of aryl methyl sites for hydroxylation is 1. The maximum absolute atomic E-state index is 12.2. The van der Waals surface area contributed by atoms with E-state index in [1.54, 1.807) is 0 Å². The average Bonchev–Trinajstić information content (AvgIpc) is 2.59. The second kappa shape index (κ2) is 8.98. The first-order chi connectivity index (χ1) is 11.6. The van der Waals surface area contributed by atoms with Gasteiger partial charge in [-0.1, -0.05) is 19.1 Å². The number of benzene rings is 1. The second-order valence-corrected chi connectivity index (χ2v) is 5.88. The molecule has 0 aliphatic heterocycles. The number of hydrogen-bond acceptors (Lipinski definition) is 5. The number of rotatable bonds is 8. The van der Waals surface area contributed by atoms with E-state index in [2.05, 4.69) is 32.4 Å². The van der Waals surface area contributed by atoms with E-state index in [9.17, 15) is 4.79 Å². The molecule has 0 aliphatic carbocycles. The molecule has 1 aromatic carbocycles. The van der Waals surface area contributed by atoms with Gasteiger partial charge in [-0.2, -0.15) is 0 Å². The summed E-state index contributed by atoms with van der Waals surface area (Å²) in [5.74, 6) is 0.330. The van der Waals surface area contributed by atoms with Crippen molar-refractivity contribution < 1.29 is 4.79 Å². The van der Waals surface area contributed by atoms with Crippen molar-refractivity contribution in [2.24, 2.45) is 0 Å². The van der Waals surface area contributed by atoms with E-state index in [1.807, 2.05) is 38.4 Å². The Labute approximate surface area is 143 Å². The summed E-state index contributed by atoms with van der Waals surface area (Å²) < 4.78 is 0. The van der Waals surface area contributed by atoms with Crippen molar-refractivity contribution in [2.45, 2.75) is 19.8 Å². The quantitative estimate of drug-likeness (QED) is 0.730. The van der Waals surface area contributed by atoms with Crippen molar-refractivity contribution >= 4 is 17.5 Å². The van der Waals surface area contributed by atoms with Crippen LogP contribution in [0.2, 0.25) is 0 Å². The summed E-state index contributed by atoms with van der Waals surface area (Å²) >= 11 is 0. The Balaban J connectivity index is 1.86. The molecular weight excluding hydrogens is 302 g/mol. The van der Waals surface area contributed by atoms with E-state index in [4.69, 9.17) is 0 Å². The predicted octanol–water partition coefficient (Wildman–Crippen LogP) is 2.65. The highest BCUT2D eigenvalue weighted by Crippen LogP contribution is 2.11. The average molecular weight is 327 g/mol. The third kappa shape index (κ3) is 5.62. The van der Waals surface area contributed by atoms with Crippen LogP contribution in [-0.2, 0) is 6.42 Å². The first-order valence-electron chi connectivity index (χ1n) is 8.19. The summed E-state index contributed by atoms with van der Waals surface area (Å²) in [4.78, 5) is 22.7. The molecular formula is C18H25N5O. The first-order valence-corrected chi connectivity index (χ1v) is 8.19. The topological polar surface area (TPSA) is 70.2 Å². The van der Waals surface area contributed by atoms with Gasteiger partial charge in [0.1, 0.15) is 0 Å². The van der Waals surface area contributed by atoms with Crippen LogP contribution in [0.3, 0.4) is 0 Å². The fourth-order valence-electron chi connectivity index (χ4n) is 2.16. The summed E-state index contributed by atoms with van der Waals surface area (Å²) in [6.45, 7) is 3.90. The Morgan fingerprint density at radius 2 is 1.79 bits per heavy atom. The van der Waals surface area contributed by atoms with Crippen LogP contribution >= 0.6 is 0 Å². The van der Waals surface area contributed by atoms with Gasteiger partial charge in [0.15, 0.2) is 0 Å². The lowest BCUT2D eigenvalue weighted by molar-refractivity contribution is 0.102. The highest BCUT2D eigenvalue weighted by Gasteiger charge is 2.07. The maximum Gasteiger partial charge on any atom is 0.258 e. The van der Waals surface area contributed by atoms with Crippen molar-refractivity contribution in [1.82, 2.24) is 14.9 Å². The van der Waals surface area contributed by atoms with Crippen LogP contribution in [0.4, 0.5) is 11.6 Å². The molecule has 128 valence electrons. The van der Waals surface area contributed by atoms with Crippen molar-refractivity contribution in [3.63, 3.8) is 0 Å². The van der Waals surface area contributed by atoms with E-state index in [0.29, 0.717) is 11.5 Å². The van der Waals surface area contributed by atoms with Crippen molar-refractivity contribution in [2.75, 3.05) is 37.8 Å². The fraction of sp³-hybridized carbons (Fsp3) is 0.389. The fourth-order valence-corrected chi connectivity index (χ4v) is 2.16. The Morgan fingerprint density at radius 3 is 2.38 bits per heavy atom. The standard InChI is InChI=1S/C18H25N5O/c1-4-14-6-8-16(9-7-14)22-17(24)15-12-20-18(21-13-15)19-10-5-11-23(2)3/h6-9,12-13H,4-5,10-11H2,1-3H3,(H,22,24)(H,19,20,21).